The van der Waals surface area contributed by atoms with E-state index in [0.717, 1.165) is 5.69 Å². The molecule has 0 spiro atoms. The molecule has 2 aromatic carbocycles. The number of benzene rings is 2. The van der Waals surface area contributed by atoms with E-state index in [1.54, 1.807) is 28.8 Å². The summed E-state index contributed by atoms with van der Waals surface area (Å²) in [5.41, 5.74) is 0.672. The maximum absolute atomic E-state index is 13.6. The number of hydrogen-bond donors (Lipinski definition) is 0. The number of rotatable bonds is 6. The average Bonchev–Trinajstić information content (AvgIpc) is 3.16. The van der Waals surface area contributed by atoms with Gasteiger partial charge in [-0.3, -0.25) is 9.36 Å². The van der Waals surface area contributed by atoms with Crippen LogP contribution in [0.4, 0.5) is 4.39 Å². The second-order valence-corrected chi connectivity index (χ2v) is 7.59. The minimum atomic E-state index is -0.387. The van der Waals surface area contributed by atoms with Crippen LogP contribution < -0.4 is 10.3 Å². The van der Waals surface area contributed by atoms with Crippen LogP contribution >= 0.6 is 23.1 Å². The number of thioether (sulfide) groups is 1. The Hall–Kier alpha value is -2.64. The summed E-state index contributed by atoms with van der Waals surface area (Å²) in [4.78, 5) is 18.3. The van der Waals surface area contributed by atoms with Crippen LogP contribution in [0.1, 0.15) is 0 Å². The minimum Gasteiger partial charge on any atom is -0.490 e. The van der Waals surface area contributed by atoms with Crippen molar-refractivity contribution in [2.75, 3.05) is 12.4 Å². The number of nitrogens with zero attached hydrogens (tertiary/aromatic N) is 2. The highest BCUT2D eigenvalue weighted by atomic mass is 32.2. The summed E-state index contributed by atoms with van der Waals surface area (Å²) < 4.78 is 20.7. The Labute approximate surface area is 163 Å². The molecule has 0 fully saturated rings. The summed E-state index contributed by atoms with van der Waals surface area (Å²) in [5, 5.41) is 3.07. The Bertz CT molecular complexity index is 1130. The first-order valence-electron chi connectivity index (χ1n) is 8.30. The molecule has 4 nitrogen and oxygen atoms in total. The van der Waals surface area contributed by atoms with Crippen molar-refractivity contribution in [3.8, 4) is 11.4 Å². The molecule has 0 unspecified atom stereocenters. The van der Waals surface area contributed by atoms with E-state index in [4.69, 9.17) is 4.74 Å². The van der Waals surface area contributed by atoms with E-state index in [0.29, 0.717) is 27.7 Å². The molecule has 4 rings (SSSR count). The lowest BCUT2D eigenvalue weighted by Gasteiger charge is -2.12. The first-order chi connectivity index (χ1) is 13.2. The van der Waals surface area contributed by atoms with Gasteiger partial charge in [0, 0.05) is 5.75 Å². The van der Waals surface area contributed by atoms with Gasteiger partial charge in [0.1, 0.15) is 4.83 Å². The molecule has 0 aliphatic carbocycles. The molecule has 7 heteroatoms. The summed E-state index contributed by atoms with van der Waals surface area (Å²) in [6, 6.07) is 17.5. The summed E-state index contributed by atoms with van der Waals surface area (Å²) >= 11 is 2.85. The van der Waals surface area contributed by atoms with Crippen LogP contribution in [0.25, 0.3) is 15.9 Å². The summed E-state index contributed by atoms with van der Waals surface area (Å²) in [5.74, 6) is 0.367. The van der Waals surface area contributed by atoms with E-state index in [1.807, 2.05) is 35.7 Å². The third-order valence-electron chi connectivity index (χ3n) is 3.89. The van der Waals surface area contributed by atoms with Crippen LogP contribution in [-0.2, 0) is 0 Å². The van der Waals surface area contributed by atoms with Gasteiger partial charge in [0.2, 0.25) is 0 Å². The highest BCUT2D eigenvalue weighted by Crippen LogP contribution is 2.24. The van der Waals surface area contributed by atoms with Crippen molar-refractivity contribution < 1.29 is 9.13 Å². The van der Waals surface area contributed by atoms with Crippen molar-refractivity contribution in [1.82, 2.24) is 9.55 Å². The molecule has 0 saturated carbocycles. The van der Waals surface area contributed by atoms with E-state index < -0.39 is 0 Å². The van der Waals surface area contributed by atoms with Gasteiger partial charge >= 0.3 is 0 Å². The smallest absolute Gasteiger partial charge is 0.267 e. The van der Waals surface area contributed by atoms with Crippen molar-refractivity contribution in [1.29, 1.82) is 0 Å². The number of para-hydroxylation sites is 2. The third-order valence-corrected chi connectivity index (χ3v) is 5.60. The molecule has 27 heavy (non-hydrogen) atoms. The molecule has 2 heterocycles. The number of ether oxygens (including phenoxy) is 1. The number of fused-ring (bicyclic) bond motifs is 1. The van der Waals surface area contributed by atoms with E-state index in [-0.39, 0.29) is 17.1 Å². The van der Waals surface area contributed by atoms with Crippen molar-refractivity contribution in [3.63, 3.8) is 0 Å². The zero-order valence-electron chi connectivity index (χ0n) is 14.2. The third kappa shape index (κ3) is 3.74. The van der Waals surface area contributed by atoms with Gasteiger partial charge in [-0.2, -0.15) is 0 Å². The number of halogens is 1. The average molecular weight is 398 g/mol. The SMILES string of the molecule is O=c1c2ccsc2nc(SCCOc2ccccc2F)n1-c1ccccc1. The Morgan fingerprint density at radius 2 is 1.85 bits per heavy atom. The first kappa shape index (κ1) is 17.8. The molecule has 0 bridgehead atoms. The molecular formula is C20H15FN2O2S2. The van der Waals surface area contributed by atoms with Gasteiger partial charge < -0.3 is 4.74 Å². The Kier molecular flexibility index (Phi) is 5.22. The van der Waals surface area contributed by atoms with Gasteiger partial charge in [0.15, 0.2) is 16.7 Å². The molecule has 0 N–H and O–H groups in total. The quantitative estimate of drug-likeness (QED) is 0.267. The van der Waals surface area contributed by atoms with Crippen LogP contribution in [0.3, 0.4) is 0 Å². The minimum absolute atomic E-state index is 0.0926. The van der Waals surface area contributed by atoms with Gasteiger partial charge in [0.05, 0.1) is 17.7 Å². The standard InChI is InChI=1S/C20H15FN2O2S2/c21-16-8-4-5-9-17(16)25-11-13-27-20-22-18-15(10-12-26-18)19(24)23(20)14-6-2-1-3-7-14/h1-10,12H,11,13H2. The molecule has 0 saturated heterocycles. The molecule has 2 aromatic heterocycles. The van der Waals surface area contributed by atoms with Crippen LogP contribution in [0.5, 0.6) is 5.75 Å². The second-order valence-electron chi connectivity index (χ2n) is 5.64. The van der Waals surface area contributed by atoms with Gasteiger partial charge in [-0.25, -0.2) is 9.37 Å². The van der Waals surface area contributed by atoms with Crippen LogP contribution in [0.2, 0.25) is 0 Å². The summed E-state index contributed by atoms with van der Waals surface area (Å²) in [6.45, 7) is 0.304. The zero-order valence-corrected chi connectivity index (χ0v) is 15.8. The fourth-order valence-corrected chi connectivity index (χ4v) is 4.28. The van der Waals surface area contributed by atoms with Crippen molar-refractivity contribution >= 4 is 33.3 Å². The molecule has 136 valence electrons. The fraction of sp³-hybridized carbons (Fsp3) is 0.100. The Morgan fingerprint density at radius 1 is 1.07 bits per heavy atom. The van der Waals surface area contributed by atoms with Crippen LogP contribution in [-0.4, -0.2) is 21.9 Å². The van der Waals surface area contributed by atoms with Crippen molar-refractivity contribution in [2.24, 2.45) is 0 Å². The monoisotopic (exact) mass is 398 g/mol. The molecule has 0 atom stereocenters. The highest BCUT2D eigenvalue weighted by molar-refractivity contribution is 7.99. The predicted molar refractivity (Wildman–Crippen MR) is 108 cm³/mol. The first-order valence-corrected chi connectivity index (χ1v) is 10.2. The van der Waals surface area contributed by atoms with Crippen molar-refractivity contribution in [3.05, 3.63) is 82.2 Å². The van der Waals surface area contributed by atoms with E-state index >= 15 is 0 Å². The lowest BCUT2D eigenvalue weighted by molar-refractivity contribution is 0.325. The largest absolute Gasteiger partial charge is 0.490 e. The van der Waals surface area contributed by atoms with E-state index in [1.165, 1.54) is 29.2 Å². The zero-order chi connectivity index (χ0) is 18.6. The predicted octanol–water partition coefficient (Wildman–Crippen LogP) is 4.76. The molecular weight excluding hydrogens is 383 g/mol. The van der Waals surface area contributed by atoms with Crippen LogP contribution in [0, 0.1) is 5.82 Å². The van der Waals surface area contributed by atoms with Crippen LogP contribution in [0.15, 0.2) is 76.0 Å². The lowest BCUT2D eigenvalue weighted by atomic mass is 10.3. The second kappa shape index (κ2) is 7.94. The van der Waals surface area contributed by atoms with Gasteiger partial charge in [-0.1, -0.05) is 42.1 Å². The fourth-order valence-electron chi connectivity index (χ4n) is 2.64. The van der Waals surface area contributed by atoms with Gasteiger partial charge in [0.25, 0.3) is 5.56 Å². The topological polar surface area (TPSA) is 44.1 Å². The number of hydrogen-bond acceptors (Lipinski definition) is 5. The van der Waals surface area contributed by atoms with E-state index in [2.05, 4.69) is 4.98 Å². The number of thiophene rings is 1. The van der Waals surface area contributed by atoms with E-state index in [9.17, 15) is 9.18 Å². The summed E-state index contributed by atoms with van der Waals surface area (Å²) in [7, 11) is 0. The molecule has 4 aromatic rings. The maximum Gasteiger partial charge on any atom is 0.267 e. The normalized spacial score (nSPS) is 11.0. The Balaban J connectivity index is 1.59. The summed E-state index contributed by atoms with van der Waals surface area (Å²) in [6.07, 6.45) is 0. The molecule has 0 aliphatic heterocycles. The van der Waals surface area contributed by atoms with Gasteiger partial charge in [-0.15, -0.1) is 11.3 Å². The maximum atomic E-state index is 13.6. The molecule has 0 radical (unpaired) electrons. The molecule has 0 aliphatic rings. The lowest BCUT2D eigenvalue weighted by Crippen LogP contribution is -2.21. The molecule has 0 amide bonds. The van der Waals surface area contributed by atoms with Crippen molar-refractivity contribution in [2.45, 2.75) is 5.16 Å². The highest BCUT2D eigenvalue weighted by Gasteiger charge is 2.14. The van der Waals surface area contributed by atoms with Gasteiger partial charge in [-0.05, 0) is 35.7 Å². The number of aromatic nitrogens is 2. The Morgan fingerprint density at radius 3 is 2.67 bits per heavy atom.